The average molecular weight is 504 g/mol. The van der Waals surface area contributed by atoms with Crippen molar-refractivity contribution in [2.45, 2.75) is 57.0 Å². The molecule has 2 aromatic rings. The Morgan fingerprint density at radius 3 is 2.47 bits per heavy atom. The number of hydrogen-bond donors (Lipinski definition) is 1. The van der Waals surface area contributed by atoms with Crippen LogP contribution in [-0.2, 0) is 14.3 Å². The van der Waals surface area contributed by atoms with Crippen LogP contribution in [0, 0.1) is 11.8 Å². The van der Waals surface area contributed by atoms with E-state index in [2.05, 4.69) is 0 Å². The minimum absolute atomic E-state index is 0.112. The molecule has 1 unspecified atom stereocenters. The summed E-state index contributed by atoms with van der Waals surface area (Å²) in [6.45, 7) is 3.19. The van der Waals surface area contributed by atoms with E-state index in [9.17, 15) is 14.7 Å². The molecule has 0 spiro atoms. The summed E-state index contributed by atoms with van der Waals surface area (Å²) >= 11 is 12.5. The molecule has 1 N–H and O–H groups in total. The highest BCUT2D eigenvalue weighted by atomic mass is 35.5. The molecule has 0 aromatic heterocycles. The second-order valence-electron chi connectivity index (χ2n) is 9.48. The summed E-state index contributed by atoms with van der Waals surface area (Å²) in [5, 5.41) is 10.8. The highest BCUT2D eigenvalue weighted by molar-refractivity contribution is 6.30. The Kier molecular flexibility index (Phi) is 8.18. The van der Waals surface area contributed by atoms with Gasteiger partial charge >= 0.3 is 5.97 Å². The number of carboxylic acid groups (broad SMARTS) is 1. The lowest BCUT2D eigenvalue weighted by atomic mass is 9.74. The van der Waals surface area contributed by atoms with Crippen molar-refractivity contribution < 1.29 is 19.4 Å². The largest absolute Gasteiger partial charge is 0.481 e. The highest BCUT2D eigenvalue weighted by Gasteiger charge is 2.46. The van der Waals surface area contributed by atoms with E-state index >= 15 is 0 Å². The molecule has 182 valence electrons. The van der Waals surface area contributed by atoms with Crippen molar-refractivity contribution >= 4 is 35.1 Å². The first-order valence-electron chi connectivity index (χ1n) is 12.0. The Hall–Kier alpha value is -2.08. The van der Waals surface area contributed by atoms with Gasteiger partial charge in [-0.05, 0) is 67.0 Å². The van der Waals surface area contributed by atoms with Crippen LogP contribution in [0.15, 0.2) is 48.5 Å². The quantitative estimate of drug-likeness (QED) is 0.410. The standard InChI is InChI=1S/C27H31Cl2NO4/c1-2-23(16-34-15-17-6-7-17)30-26(18-8-10-21(28)11-9-18)24(19-4-3-5-22(29)12-19)13-20(27(30)33)14-25(31)32/h3-5,8-12,17,20,23-24,26H,2,6-7,13-16H2,1H3,(H,31,32)/t20-,23?,24+,26+/m0/s1. The molecule has 1 saturated carbocycles. The zero-order valence-electron chi connectivity index (χ0n) is 19.3. The topological polar surface area (TPSA) is 66.8 Å². The molecular weight excluding hydrogens is 473 g/mol. The van der Waals surface area contributed by atoms with Gasteiger partial charge < -0.3 is 14.7 Å². The number of aliphatic carboxylic acids is 1. The number of halogens is 2. The van der Waals surface area contributed by atoms with Gasteiger partial charge in [-0.1, -0.05) is 54.4 Å². The van der Waals surface area contributed by atoms with E-state index in [1.165, 1.54) is 12.8 Å². The summed E-state index contributed by atoms with van der Waals surface area (Å²) in [6.07, 6.45) is 3.35. The fraction of sp³-hybridized carbons (Fsp3) is 0.481. The van der Waals surface area contributed by atoms with E-state index in [0.29, 0.717) is 42.0 Å². The maximum atomic E-state index is 13.8. The first kappa shape index (κ1) is 25.0. The number of ether oxygens (including phenoxy) is 1. The smallest absolute Gasteiger partial charge is 0.304 e. The van der Waals surface area contributed by atoms with Gasteiger partial charge in [-0.2, -0.15) is 0 Å². The summed E-state index contributed by atoms with van der Waals surface area (Å²) < 4.78 is 6.04. The molecule has 2 aliphatic rings. The number of likely N-dealkylation sites (tertiary alicyclic amines) is 1. The third-order valence-corrected chi connectivity index (χ3v) is 7.44. The molecule has 0 radical (unpaired) electrons. The molecule has 4 atom stereocenters. The number of hydrogen-bond acceptors (Lipinski definition) is 3. The minimum Gasteiger partial charge on any atom is -0.481 e. The molecule has 2 aromatic carbocycles. The van der Waals surface area contributed by atoms with Gasteiger partial charge in [-0.3, -0.25) is 9.59 Å². The van der Waals surface area contributed by atoms with Crippen molar-refractivity contribution in [3.63, 3.8) is 0 Å². The summed E-state index contributed by atoms with van der Waals surface area (Å²) in [7, 11) is 0. The van der Waals surface area contributed by atoms with Crippen molar-refractivity contribution in [3.05, 3.63) is 69.7 Å². The van der Waals surface area contributed by atoms with Crippen molar-refractivity contribution in [3.8, 4) is 0 Å². The molecule has 1 aliphatic heterocycles. The zero-order chi connectivity index (χ0) is 24.2. The molecule has 2 fully saturated rings. The van der Waals surface area contributed by atoms with Crippen LogP contribution in [0.25, 0.3) is 0 Å². The fourth-order valence-electron chi connectivity index (χ4n) is 5.03. The molecule has 1 saturated heterocycles. The van der Waals surface area contributed by atoms with Crippen LogP contribution in [0.5, 0.6) is 0 Å². The number of amides is 1. The fourth-order valence-corrected chi connectivity index (χ4v) is 5.35. The lowest BCUT2D eigenvalue weighted by molar-refractivity contribution is -0.154. The van der Waals surface area contributed by atoms with Crippen LogP contribution >= 0.6 is 23.2 Å². The first-order valence-corrected chi connectivity index (χ1v) is 12.8. The monoisotopic (exact) mass is 503 g/mol. The van der Waals surface area contributed by atoms with Crippen molar-refractivity contribution in [2.24, 2.45) is 11.8 Å². The zero-order valence-corrected chi connectivity index (χ0v) is 20.8. The van der Waals surface area contributed by atoms with Crippen LogP contribution < -0.4 is 0 Å². The maximum Gasteiger partial charge on any atom is 0.304 e. The van der Waals surface area contributed by atoms with Gasteiger partial charge in [-0.15, -0.1) is 0 Å². The number of carbonyl (C=O) groups excluding carboxylic acids is 1. The lowest BCUT2D eigenvalue weighted by Gasteiger charge is -2.48. The lowest BCUT2D eigenvalue weighted by Crippen LogP contribution is -2.53. The predicted octanol–water partition coefficient (Wildman–Crippen LogP) is 6.35. The van der Waals surface area contributed by atoms with Crippen molar-refractivity contribution in [2.75, 3.05) is 13.2 Å². The Bertz CT molecular complexity index is 1010. The van der Waals surface area contributed by atoms with E-state index in [1.807, 2.05) is 60.4 Å². The molecule has 4 rings (SSSR count). The number of carbonyl (C=O) groups is 2. The van der Waals surface area contributed by atoms with Gasteiger partial charge in [0.05, 0.1) is 25.1 Å². The number of carboxylic acids is 1. The van der Waals surface area contributed by atoms with Gasteiger partial charge in [0.15, 0.2) is 0 Å². The summed E-state index contributed by atoms with van der Waals surface area (Å²) in [5.74, 6) is -1.18. The maximum absolute atomic E-state index is 13.8. The molecule has 0 bridgehead atoms. The van der Waals surface area contributed by atoms with Crippen LogP contribution in [0.2, 0.25) is 10.0 Å². The molecule has 1 aliphatic carbocycles. The second kappa shape index (κ2) is 11.1. The van der Waals surface area contributed by atoms with E-state index < -0.39 is 11.9 Å². The Balaban J connectivity index is 1.76. The first-order chi connectivity index (χ1) is 16.4. The molecule has 7 heteroatoms. The Labute approximate surface area is 211 Å². The highest BCUT2D eigenvalue weighted by Crippen LogP contribution is 2.47. The van der Waals surface area contributed by atoms with Gasteiger partial charge in [-0.25, -0.2) is 0 Å². The third kappa shape index (κ3) is 5.94. The van der Waals surface area contributed by atoms with Gasteiger partial charge in [0.2, 0.25) is 5.91 Å². The number of piperidine rings is 1. The molecule has 34 heavy (non-hydrogen) atoms. The summed E-state index contributed by atoms with van der Waals surface area (Å²) in [4.78, 5) is 27.4. The minimum atomic E-state index is -0.967. The van der Waals surface area contributed by atoms with E-state index in [4.69, 9.17) is 27.9 Å². The predicted molar refractivity (Wildman–Crippen MR) is 133 cm³/mol. The summed E-state index contributed by atoms with van der Waals surface area (Å²) in [5.41, 5.74) is 1.96. The van der Waals surface area contributed by atoms with Crippen LogP contribution in [0.4, 0.5) is 0 Å². The third-order valence-electron chi connectivity index (χ3n) is 6.96. The van der Waals surface area contributed by atoms with Gasteiger partial charge in [0.1, 0.15) is 0 Å². The Morgan fingerprint density at radius 1 is 1.12 bits per heavy atom. The molecule has 1 amide bonds. The molecule has 5 nitrogen and oxygen atoms in total. The SMILES string of the molecule is CCC(COCC1CC1)N1C(=O)[C@H](CC(=O)O)C[C@H](c2cccc(Cl)c2)[C@H]1c1ccc(Cl)cc1. The van der Waals surface area contributed by atoms with Crippen LogP contribution in [0.1, 0.15) is 62.1 Å². The van der Waals surface area contributed by atoms with E-state index in [0.717, 1.165) is 11.1 Å². The number of nitrogens with zero attached hydrogens (tertiary/aromatic N) is 1. The van der Waals surface area contributed by atoms with Crippen LogP contribution in [0.3, 0.4) is 0 Å². The normalized spacial score (nSPS) is 23.7. The van der Waals surface area contributed by atoms with Gasteiger partial charge in [0, 0.05) is 28.5 Å². The number of rotatable bonds is 10. The van der Waals surface area contributed by atoms with Crippen molar-refractivity contribution in [1.82, 2.24) is 4.90 Å². The second-order valence-corrected chi connectivity index (χ2v) is 10.3. The molecular formula is C27H31Cl2NO4. The number of benzene rings is 2. The van der Waals surface area contributed by atoms with E-state index in [-0.39, 0.29) is 30.3 Å². The molecule has 1 heterocycles. The van der Waals surface area contributed by atoms with Crippen molar-refractivity contribution in [1.29, 1.82) is 0 Å². The Morgan fingerprint density at radius 2 is 1.85 bits per heavy atom. The average Bonchev–Trinajstić information content (AvgIpc) is 3.63. The van der Waals surface area contributed by atoms with Crippen LogP contribution in [-0.4, -0.2) is 41.1 Å². The van der Waals surface area contributed by atoms with E-state index in [1.54, 1.807) is 0 Å². The summed E-state index contributed by atoms with van der Waals surface area (Å²) in [6, 6.07) is 14.8. The van der Waals surface area contributed by atoms with Gasteiger partial charge in [0.25, 0.3) is 0 Å².